The van der Waals surface area contributed by atoms with Crippen molar-refractivity contribution >= 4 is 86.4 Å². The number of aryl methyl sites for hydroxylation is 2. The van der Waals surface area contributed by atoms with Crippen LogP contribution in [0.1, 0.15) is 178 Å². The number of likely N-dealkylation sites (N-methyl/N-ethyl adjacent to an activating group) is 2. The van der Waals surface area contributed by atoms with Gasteiger partial charge in [0.2, 0.25) is 41.4 Å². The van der Waals surface area contributed by atoms with Gasteiger partial charge in [0.05, 0.1) is 90.3 Å². The fourth-order valence-electron chi connectivity index (χ4n) is 14.3. The fraction of sp³-hybridized carbons (Fsp3) is 0.556. The Morgan fingerprint density at radius 2 is 1.29 bits per heavy atom. The number of ether oxygens (including phenoxy) is 5. The number of aliphatic hydroxyl groups is 1. The lowest BCUT2D eigenvalue weighted by Crippen LogP contribution is -2.56. The second-order valence-corrected chi connectivity index (χ2v) is 36.5. The highest BCUT2D eigenvalue weighted by molar-refractivity contribution is 7.99. The molecular weight excluding hydrogens is 1560 g/mol. The lowest BCUT2D eigenvalue weighted by Gasteiger charge is -2.39. The molecule has 6 N–H and O–H groups in total. The quantitative estimate of drug-likeness (QED) is 0.0156. The molecule has 0 bridgehead atoms. The number of likely N-dealkylation sites (tertiary alicyclic amines) is 1. The molecule has 1 aliphatic rings. The third kappa shape index (κ3) is 30.5. The van der Waals surface area contributed by atoms with Crippen LogP contribution in [0.15, 0.2) is 137 Å². The number of carbonyl (C=O) groups excluding carboxylic acids is 10. The van der Waals surface area contributed by atoms with E-state index in [-0.39, 0.29) is 84.3 Å². The number of aliphatic hydroxyl groups excluding tert-OH is 1. The SMILES string of the molecule is CC[C@H](C)C([C@@H](CC(=O)N1CCC[C@H]1[C@H](OC)[C@@H](C)C(=O)N[C@H](C)[C@@H](O)c1ccccc1)OC)N(C)C(=O)CNC(=O)C(C(C)C)N(C)C(=O)OCc1ccc(NC(=O)CNC(=O)C(NC(=O)CCN(CCOC(C)(C)CCOC(C)(C)C)C(=O)c2ccc(C(=O)C(CSc3ccc(C)cc3)CS(=O)(=O)c3ccc(C)cc3)cc2)C(C)C)cc1. The number of sulfone groups is 1. The summed E-state index contributed by atoms with van der Waals surface area (Å²) >= 11 is 1.38. The Bertz CT molecular complexity index is 4260. The van der Waals surface area contributed by atoms with Crippen molar-refractivity contribution < 1.29 is 85.2 Å². The first-order valence-corrected chi connectivity index (χ1v) is 43.7. The number of thioether (sulfide) groups is 1. The highest BCUT2D eigenvalue weighted by atomic mass is 32.2. The predicted molar refractivity (Wildman–Crippen MR) is 460 cm³/mol. The van der Waals surface area contributed by atoms with E-state index in [1.54, 1.807) is 102 Å². The van der Waals surface area contributed by atoms with E-state index in [2.05, 4.69) is 26.6 Å². The summed E-state index contributed by atoms with van der Waals surface area (Å²) in [4.78, 5) is 146. The van der Waals surface area contributed by atoms with E-state index in [0.717, 1.165) is 20.9 Å². The molecule has 654 valence electrons. The molecule has 9 amide bonds. The Balaban J connectivity index is 0.999. The number of Topliss-reactive ketones (excluding diaryl/α,β-unsaturated/α-hetero) is 1. The molecule has 5 aromatic carbocycles. The highest BCUT2D eigenvalue weighted by Crippen LogP contribution is 2.32. The molecule has 6 rings (SSSR count). The molecule has 4 unspecified atom stereocenters. The van der Waals surface area contributed by atoms with Gasteiger partial charge >= 0.3 is 6.09 Å². The molecule has 1 aliphatic heterocycles. The van der Waals surface area contributed by atoms with Gasteiger partial charge in [-0.05, 0) is 152 Å². The summed E-state index contributed by atoms with van der Waals surface area (Å²) in [6.45, 7) is 27.6. The van der Waals surface area contributed by atoms with Crippen LogP contribution < -0.4 is 26.6 Å². The zero-order chi connectivity index (χ0) is 88.2. The van der Waals surface area contributed by atoms with Crippen molar-refractivity contribution in [3.63, 3.8) is 0 Å². The first-order chi connectivity index (χ1) is 56.1. The van der Waals surface area contributed by atoms with Crippen LogP contribution in [0.3, 0.4) is 0 Å². The van der Waals surface area contributed by atoms with E-state index >= 15 is 0 Å². The second-order valence-electron chi connectivity index (χ2n) is 33.3. The summed E-state index contributed by atoms with van der Waals surface area (Å²) in [5, 5.41) is 24.7. The zero-order valence-corrected chi connectivity index (χ0v) is 74.6. The molecule has 1 heterocycles. The van der Waals surface area contributed by atoms with Gasteiger partial charge in [0, 0.05) is 94.4 Å². The summed E-state index contributed by atoms with van der Waals surface area (Å²) < 4.78 is 57.5. The molecule has 1 fully saturated rings. The van der Waals surface area contributed by atoms with Gasteiger partial charge in [-0.3, -0.25) is 48.1 Å². The van der Waals surface area contributed by atoms with Gasteiger partial charge in [-0.2, -0.15) is 0 Å². The third-order valence-corrected chi connectivity index (χ3v) is 24.7. The smallest absolute Gasteiger partial charge is 0.410 e. The standard InChI is InChI=1S/C90H129N9O18S2/c1-20-61(8)80(73(113-18)51-76(102)99-46-24-27-72(99)83(114-19)62(9)84(106)93-63(10)81(104)65-25-22-21-23-26-65)96(16)77(103)53-92-86(108)79(58(4)5)97(17)88(110)115-54-64-32-38-69(39-33-64)94-75(101)52-91-85(107)78(57(2)3)95-74(100)44-47-98(48-50-117-90(14,15)45-49-116-89(11,12)13)87(109)67-36-34-66(35-37-67)82(105)68(55-118-70-40-28-59(6)29-41-70)56-119(111,112)71-42-30-60(7)31-43-71/h21-23,25-26,28-43,57-58,61-63,68,72-73,78-81,83,104H,20,24,27,44-56H2,1-19H3,(H,91,107)(H,92,108)(H,93,106)(H,94,101)(H,95,100)/t61-,62+,63+,68?,72-,73+,78?,79?,80?,81+,83+/m0/s1. The fourth-order valence-corrected chi connectivity index (χ4v) is 17.0. The molecule has 119 heavy (non-hydrogen) atoms. The number of methoxy groups -OCH3 is 2. The van der Waals surface area contributed by atoms with Gasteiger partial charge in [-0.15, -0.1) is 11.8 Å². The van der Waals surface area contributed by atoms with Gasteiger partial charge in [-0.1, -0.05) is 145 Å². The Kier molecular flexibility index (Phi) is 38.7. The summed E-state index contributed by atoms with van der Waals surface area (Å²) in [5.74, 6) is -7.23. The minimum absolute atomic E-state index is 0.0543. The zero-order valence-electron chi connectivity index (χ0n) is 72.9. The summed E-state index contributed by atoms with van der Waals surface area (Å²) in [7, 11) is 2.12. The normalized spacial score (nSPS) is 15.7. The van der Waals surface area contributed by atoms with E-state index in [1.165, 1.54) is 79.2 Å². The average molecular weight is 1690 g/mol. The van der Waals surface area contributed by atoms with Gasteiger partial charge in [0.25, 0.3) is 5.91 Å². The Labute approximate surface area is 708 Å². The van der Waals surface area contributed by atoms with Crippen LogP contribution in [0.25, 0.3) is 0 Å². The molecule has 0 spiro atoms. The van der Waals surface area contributed by atoms with Crippen molar-refractivity contribution in [1.29, 1.82) is 0 Å². The number of benzene rings is 5. The van der Waals surface area contributed by atoms with Gasteiger partial charge in [0.15, 0.2) is 15.6 Å². The van der Waals surface area contributed by atoms with E-state index < -0.39 is 154 Å². The topological polar surface area (TPSA) is 344 Å². The van der Waals surface area contributed by atoms with E-state index in [0.29, 0.717) is 55.6 Å². The number of hydrogen-bond acceptors (Lipinski definition) is 19. The Morgan fingerprint density at radius 3 is 1.87 bits per heavy atom. The minimum Gasteiger partial charge on any atom is -0.445 e. The van der Waals surface area contributed by atoms with Crippen molar-refractivity contribution in [2.75, 3.05) is 91.1 Å². The summed E-state index contributed by atoms with van der Waals surface area (Å²) in [5.41, 5.74) is 2.89. The number of anilines is 1. The van der Waals surface area contributed by atoms with Crippen LogP contribution in [-0.2, 0) is 73.7 Å². The maximum atomic E-state index is 14.5. The van der Waals surface area contributed by atoms with Crippen LogP contribution >= 0.6 is 11.8 Å². The van der Waals surface area contributed by atoms with Crippen molar-refractivity contribution in [3.8, 4) is 0 Å². The molecule has 0 aromatic heterocycles. The van der Waals surface area contributed by atoms with Crippen LogP contribution in [0.2, 0.25) is 0 Å². The first kappa shape index (κ1) is 98.7. The minimum atomic E-state index is -3.90. The molecule has 1 saturated heterocycles. The molecule has 0 saturated carbocycles. The van der Waals surface area contributed by atoms with Gasteiger partial charge in [-0.25, -0.2) is 13.2 Å². The number of nitrogens with zero attached hydrogens (tertiary/aromatic N) is 4. The first-order valence-electron chi connectivity index (χ1n) is 41.1. The largest absolute Gasteiger partial charge is 0.445 e. The van der Waals surface area contributed by atoms with Crippen molar-refractivity contribution in [1.82, 2.24) is 40.9 Å². The van der Waals surface area contributed by atoms with Crippen LogP contribution in [0.5, 0.6) is 0 Å². The summed E-state index contributed by atoms with van der Waals surface area (Å²) in [6, 6.07) is 31.9. The lowest BCUT2D eigenvalue weighted by molar-refractivity contribution is -0.146. The van der Waals surface area contributed by atoms with Crippen molar-refractivity contribution in [2.45, 2.75) is 219 Å². The van der Waals surface area contributed by atoms with Crippen LogP contribution in [0.4, 0.5) is 10.5 Å². The second kappa shape index (κ2) is 46.6. The average Bonchev–Trinajstić information content (AvgIpc) is 1.79. The third-order valence-electron chi connectivity index (χ3n) is 21.6. The molecule has 11 atom stereocenters. The number of carbonyl (C=O) groups is 10. The van der Waals surface area contributed by atoms with E-state index in [9.17, 15) is 61.5 Å². The molecule has 0 radical (unpaired) electrons. The van der Waals surface area contributed by atoms with Crippen LogP contribution in [-0.4, -0.2) is 232 Å². The molecule has 27 nitrogen and oxygen atoms in total. The number of nitrogens with one attached hydrogen (secondary N) is 5. The molecule has 5 aromatic rings. The monoisotopic (exact) mass is 1690 g/mol. The molecule has 0 aliphatic carbocycles. The molecular formula is C90H129N9O18S2. The van der Waals surface area contributed by atoms with E-state index in [1.807, 2.05) is 105 Å². The maximum Gasteiger partial charge on any atom is 0.410 e. The lowest BCUT2D eigenvalue weighted by atomic mass is 9.90. The van der Waals surface area contributed by atoms with E-state index in [4.69, 9.17) is 23.7 Å². The maximum absolute atomic E-state index is 14.5. The van der Waals surface area contributed by atoms with Gasteiger partial charge in [0.1, 0.15) is 18.7 Å². The summed E-state index contributed by atoms with van der Waals surface area (Å²) in [6.07, 6.45) is -1.08. The Morgan fingerprint density at radius 1 is 0.672 bits per heavy atom. The highest BCUT2D eigenvalue weighted by Gasteiger charge is 2.43. The number of ketones is 1. The number of amides is 9. The van der Waals surface area contributed by atoms with Crippen LogP contribution in [0, 0.1) is 43.4 Å². The predicted octanol–water partition coefficient (Wildman–Crippen LogP) is 11.0. The number of rotatable bonds is 46. The van der Waals surface area contributed by atoms with Crippen molar-refractivity contribution in [2.24, 2.45) is 29.6 Å². The van der Waals surface area contributed by atoms with Gasteiger partial charge < -0.3 is 70.1 Å². The van der Waals surface area contributed by atoms with Crippen molar-refractivity contribution in [3.05, 3.63) is 161 Å². The molecule has 29 heteroatoms. The number of hydrogen-bond donors (Lipinski definition) is 6. The Hall–Kier alpha value is -9.10.